The SMILES string of the molecule is COc1cc(OC)c(N(N)/C(=C\N)c2ccc(N(C)C)cc2)cc1OC. The Labute approximate surface area is 154 Å². The first kappa shape index (κ1) is 19.3. The number of methoxy groups -OCH3 is 3. The van der Waals surface area contributed by atoms with Crippen LogP contribution < -0.4 is 35.7 Å². The molecule has 0 atom stereocenters. The zero-order valence-corrected chi connectivity index (χ0v) is 15.8. The van der Waals surface area contributed by atoms with Crippen LogP contribution in [-0.4, -0.2) is 35.4 Å². The predicted molar refractivity (Wildman–Crippen MR) is 106 cm³/mol. The molecule has 0 radical (unpaired) electrons. The fraction of sp³-hybridized carbons (Fsp3) is 0.263. The topological polar surface area (TPSA) is 86.2 Å². The average Bonchev–Trinajstić information content (AvgIpc) is 2.67. The van der Waals surface area contributed by atoms with Gasteiger partial charge in [-0.25, -0.2) is 5.84 Å². The minimum atomic E-state index is 0.536. The summed E-state index contributed by atoms with van der Waals surface area (Å²) in [6.07, 6.45) is 1.46. The van der Waals surface area contributed by atoms with Crippen LogP contribution in [-0.2, 0) is 0 Å². The van der Waals surface area contributed by atoms with E-state index in [1.54, 1.807) is 33.5 Å². The lowest BCUT2D eigenvalue weighted by Gasteiger charge is -2.25. The van der Waals surface area contributed by atoms with E-state index in [0.717, 1.165) is 11.3 Å². The average molecular weight is 358 g/mol. The molecule has 4 N–H and O–H groups in total. The Morgan fingerprint density at radius 1 is 0.885 bits per heavy atom. The summed E-state index contributed by atoms with van der Waals surface area (Å²) < 4.78 is 16.1. The zero-order valence-electron chi connectivity index (χ0n) is 15.8. The van der Waals surface area contributed by atoms with Gasteiger partial charge in [0.15, 0.2) is 11.5 Å². The highest BCUT2D eigenvalue weighted by molar-refractivity contribution is 5.82. The molecule has 7 nitrogen and oxygen atoms in total. The van der Waals surface area contributed by atoms with Gasteiger partial charge in [-0.15, -0.1) is 0 Å². The monoisotopic (exact) mass is 358 g/mol. The van der Waals surface area contributed by atoms with Crippen molar-refractivity contribution in [3.8, 4) is 17.2 Å². The highest BCUT2D eigenvalue weighted by atomic mass is 16.5. The summed E-state index contributed by atoms with van der Waals surface area (Å²) in [4.78, 5) is 2.02. The molecule has 0 saturated heterocycles. The fourth-order valence-electron chi connectivity index (χ4n) is 2.58. The molecule has 0 fully saturated rings. The Balaban J connectivity index is 2.46. The van der Waals surface area contributed by atoms with Gasteiger partial charge in [0, 0.05) is 43.7 Å². The maximum Gasteiger partial charge on any atom is 0.164 e. The highest BCUT2D eigenvalue weighted by Crippen LogP contribution is 2.40. The molecule has 0 saturated carbocycles. The number of nitrogens with zero attached hydrogens (tertiary/aromatic N) is 2. The first-order chi connectivity index (χ1) is 12.5. The third kappa shape index (κ3) is 3.78. The molecule has 0 amide bonds. The highest BCUT2D eigenvalue weighted by Gasteiger charge is 2.19. The first-order valence-electron chi connectivity index (χ1n) is 8.01. The molecular weight excluding hydrogens is 332 g/mol. The number of hydrogen-bond acceptors (Lipinski definition) is 7. The van der Waals surface area contributed by atoms with Crippen molar-refractivity contribution in [2.45, 2.75) is 0 Å². The lowest BCUT2D eigenvalue weighted by atomic mass is 10.1. The molecule has 140 valence electrons. The van der Waals surface area contributed by atoms with Gasteiger partial charge in [-0.3, -0.25) is 5.01 Å². The van der Waals surface area contributed by atoms with Crippen LogP contribution in [0.15, 0.2) is 42.6 Å². The fourth-order valence-corrected chi connectivity index (χ4v) is 2.58. The van der Waals surface area contributed by atoms with E-state index in [2.05, 4.69) is 0 Å². The van der Waals surface area contributed by atoms with E-state index in [1.165, 1.54) is 11.2 Å². The van der Waals surface area contributed by atoms with Crippen LogP contribution in [0.4, 0.5) is 11.4 Å². The Kier molecular flexibility index (Phi) is 6.19. The summed E-state index contributed by atoms with van der Waals surface area (Å²) >= 11 is 0. The number of benzene rings is 2. The molecule has 7 heteroatoms. The Bertz CT molecular complexity index is 773. The molecule has 0 heterocycles. The van der Waals surface area contributed by atoms with Crippen molar-refractivity contribution in [1.29, 1.82) is 0 Å². The Hall–Kier alpha value is -3.06. The number of ether oxygens (including phenoxy) is 3. The van der Waals surface area contributed by atoms with E-state index >= 15 is 0 Å². The van der Waals surface area contributed by atoms with E-state index in [4.69, 9.17) is 25.8 Å². The van der Waals surface area contributed by atoms with Gasteiger partial charge >= 0.3 is 0 Å². The van der Waals surface area contributed by atoms with Gasteiger partial charge in [0.25, 0.3) is 0 Å². The van der Waals surface area contributed by atoms with E-state index in [0.29, 0.717) is 28.6 Å². The number of hydrazine groups is 1. The quantitative estimate of drug-likeness (QED) is 0.580. The van der Waals surface area contributed by atoms with Gasteiger partial charge in [0.2, 0.25) is 0 Å². The largest absolute Gasteiger partial charge is 0.494 e. The van der Waals surface area contributed by atoms with Gasteiger partial charge in [0.1, 0.15) is 11.4 Å². The minimum Gasteiger partial charge on any atom is -0.494 e. The molecular formula is C19H26N4O3. The number of anilines is 2. The zero-order chi connectivity index (χ0) is 19.3. The summed E-state index contributed by atoms with van der Waals surface area (Å²) in [5.74, 6) is 8.00. The Morgan fingerprint density at radius 3 is 1.88 bits per heavy atom. The molecule has 0 aliphatic heterocycles. The van der Waals surface area contributed by atoms with Gasteiger partial charge in [0.05, 0.1) is 27.0 Å². The molecule has 26 heavy (non-hydrogen) atoms. The van der Waals surface area contributed by atoms with Gasteiger partial charge in [-0.1, -0.05) is 12.1 Å². The van der Waals surface area contributed by atoms with Gasteiger partial charge in [-0.05, 0) is 12.1 Å². The second-order valence-electron chi connectivity index (χ2n) is 5.74. The number of nitrogens with two attached hydrogens (primary N) is 2. The van der Waals surface area contributed by atoms with Crippen molar-refractivity contribution >= 4 is 17.1 Å². The summed E-state index contributed by atoms with van der Waals surface area (Å²) in [6, 6.07) is 11.4. The predicted octanol–water partition coefficient (Wildman–Crippen LogP) is 2.42. The van der Waals surface area contributed by atoms with E-state index in [9.17, 15) is 0 Å². The summed E-state index contributed by atoms with van der Waals surface area (Å²) in [6.45, 7) is 0. The Morgan fingerprint density at radius 2 is 1.42 bits per heavy atom. The van der Waals surface area contributed by atoms with E-state index < -0.39 is 0 Å². The maximum atomic E-state index is 6.37. The second kappa shape index (κ2) is 8.35. The van der Waals surface area contributed by atoms with Crippen LogP contribution in [0.2, 0.25) is 0 Å². The van der Waals surface area contributed by atoms with Crippen LogP contribution in [0.5, 0.6) is 17.2 Å². The normalized spacial score (nSPS) is 11.1. The van der Waals surface area contributed by atoms with Gasteiger partial charge < -0.3 is 24.8 Å². The standard InChI is InChI=1S/C19H26N4O3/c1-22(2)14-8-6-13(7-9-14)16(12-20)23(21)15-10-18(25-4)19(26-5)11-17(15)24-3/h6-12H,20-21H2,1-5H3/b16-12-. The van der Waals surface area contributed by atoms with E-state index in [1.807, 2.05) is 43.3 Å². The minimum absolute atomic E-state index is 0.536. The molecule has 2 rings (SSSR count). The van der Waals surface area contributed by atoms with Gasteiger partial charge in [-0.2, -0.15) is 0 Å². The summed E-state index contributed by atoms with van der Waals surface area (Å²) in [5.41, 5.74) is 9.04. The van der Waals surface area contributed by atoms with Crippen LogP contribution in [0.25, 0.3) is 5.70 Å². The van der Waals surface area contributed by atoms with Crippen molar-refractivity contribution < 1.29 is 14.2 Å². The van der Waals surface area contributed by atoms with Crippen LogP contribution in [0.3, 0.4) is 0 Å². The molecule has 0 spiro atoms. The number of rotatable bonds is 7. The van der Waals surface area contributed by atoms with Crippen LogP contribution in [0, 0.1) is 0 Å². The van der Waals surface area contributed by atoms with Crippen LogP contribution in [0.1, 0.15) is 5.56 Å². The van der Waals surface area contributed by atoms with Crippen molar-refractivity contribution in [1.82, 2.24) is 0 Å². The van der Waals surface area contributed by atoms with Crippen molar-refractivity contribution in [3.05, 3.63) is 48.2 Å². The molecule has 2 aromatic carbocycles. The van der Waals surface area contributed by atoms with Crippen molar-refractivity contribution in [2.24, 2.45) is 11.6 Å². The molecule has 0 unspecified atom stereocenters. The first-order valence-corrected chi connectivity index (χ1v) is 8.01. The van der Waals surface area contributed by atoms with Crippen molar-refractivity contribution in [3.63, 3.8) is 0 Å². The van der Waals surface area contributed by atoms with E-state index in [-0.39, 0.29) is 0 Å². The summed E-state index contributed by atoms with van der Waals surface area (Å²) in [7, 11) is 8.66. The second-order valence-corrected chi connectivity index (χ2v) is 5.74. The van der Waals surface area contributed by atoms with Crippen molar-refractivity contribution in [2.75, 3.05) is 45.3 Å². The third-order valence-corrected chi connectivity index (χ3v) is 4.04. The molecule has 0 bridgehead atoms. The van der Waals surface area contributed by atoms with Crippen LogP contribution >= 0.6 is 0 Å². The smallest absolute Gasteiger partial charge is 0.164 e. The number of hydrogen-bond donors (Lipinski definition) is 2. The lowest BCUT2D eigenvalue weighted by Crippen LogP contribution is -2.30. The molecule has 0 aromatic heterocycles. The molecule has 0 aliphatic rings. The molecule has 0 aliphatic carbocycles. The lowest BCUT2D eigenvalue weighted by molar-refractivity contribution is 0.349. The molecule has 2 aromatic rings. The maximum absolute atomic E-state index is 6.37. The summed E-state index contributed by atoms with van der Waals surface area (Å²) in [5, 5.41) is 1.46. The third-order valence-electron chi connectivity index (χ3n) is 4.04.